The number of nitrogens with one attached hydrogen (secondary N) is 1. The highest BCUT2D eigenvalue weighted by Crippen LogP contribution is 2.49. The van der Waals surface area contributed by atoms with Gasteiger partial charge in [0.15, 0.2) is 0 Å². The molecule has 4 rings (SSSR count). The third kappa shape index (κ3) is 4.24. The van der Waals surface area contributed by atoms with E-state index < -0.39 is 34.2 Å². The van der Waals surface area contributed by atoms with Gasteiger partial charge in [-0.25, -0.2) is 9.78 Å². The Morgan fingerprint density at radius 1 is 1.08 bits per heavy atom. The first-order chi connectivity index (χ1) is 17.2. The summed E-state index contributed by atoms with van der Waals surface area (Å²) in [5.74, 6) is -2.66. The molecule has 1 aliphatic heterocycles. The number of hydrogen-bond donors (Lipinski definition) is 1. The molecule has 0 spiro atoms. The van der Waals surface area contributed by atoms with Gasteiger partial charge in [-0.1, -0.05) is 42.5 Å². The number of carbonyl (C=O) groups excluding carboxylic acids is 2. The van der Waals surface area contributed by atoms with Crippen LogP contribution in [-0.2, 0) is 24.6 Å². The van der Waals surface area contributed by atoms with E-state index in [1.54, 1.807) is 30.5 Å². The number of para-hydroxylation sites is 1. The largest absolute Gasteiger partial charge is 0.469 e. The molecule has 0 radical (unpaired) electrons. The van der Waals surface area contributed by atoms with Crippen LogP contribution in [0, 0.1) is 16.0 Å². The van der Waals surface area contributed by atoms with Crippen LogP contribution in [0.2, 0.25) is 0 Å². The molecule has 2 aromatic carbocycles. The van der Waals surface area contributed by atoms with Gasteiger partial charge >= 0.3 is 11.9 Å². The lowest BCUT2D eigenvalue weighted by Gasteiger charge is -2.45. The second-order valence-electron chi connectivity index (χ2n) is 8.56. The molecule has 3 atom stereocenters. The van der Waals surface area contributed by atoms with Crippen molar-refractivity contribution in [1.82, 2.24) is 10.3 Å². The van der Waals surface area contributed by atoms with E-state index in [2.05, 4.69) is 5.32 Å². The minimum absolute atomic E-state index is 0.0631. The van der Waals surface area contributed by atoms with Gasteiger partial charge in [0.1, 0.15) is 10.5 Å². The summed E-state index contributed by atoms with van der Waals surface area (Å²) in [6.45, 7) is 3.58. The van der Waals surface area contributed by atoms with E-state index in [0.717, 1.165) is 5.56 Å². The third-order valence-electron chi connectivity index (χ3n) is 6.46. The highest BCUT2D eigenvalue weighted by atomic mass is 32.1. The maximum atomic E-state index is 13.4. The van der Waals surface area contributed by atoms with Crippen molar-refractivity contribution < 1.29 is 24.0 Å². The molecular weight excluding hydrogens is 482 g/mol. The van der Waals surface area contributed by atoms with Crippen LogP contribution >= 0.6 is 11.3 Å². The number of nitro benzene ring substituents is 1. The van der Waals surface area contributed by atoms with E-state index in [0.29, 0.717) is 27.5 Å². The van der Waals surface area contributed by atoms with Gasteiger partial charge in [-0.2, -0.15) is 0 Å². The van der Waals surface area contributed by atoms with Crippen LogP contribution in [0.5, 0.6) is 0 Å². The lowest BCUT2D eigenvalue weighted by molar-refractivity contribution is -0.384. The minimum atomic E-state index is -1.10. The predicted molar refractivity (Wildman–Crippen MR) is 134 cm³/mol. The van der Waals surface area contributed by atoms with Crippen molar-refractivity contribution in [2.75, 3.05) is 14.2 Å². The fourth-order valence-electron chi connectivity index (χ4n) is 4.85. The zero-order chi connectivity index (χ0) is 26.0. The summed E-state index contributed by atoms with van der Waals surface area (Å²) in [6, 6.07) is 15.6. The molecular formula is C26H25N3O6S. The highest BCUT2D eigenvalue weighted by molar-refractivity contribution is 7.10. The second kappa shape index (κ2) is 9.90. The van der Waals surface area contributed by atoms with Crippen molar-refractivity contribution in [2.24, 2.45) is 5.92 Å². The zero-order valence-electron chi connectivity index (χ0n) is 20.2. The van der Waals surface area contributed by atoms with Crippen LogP contribution < -0.4 is 5.32 Å². The van der Waals surface area contributed by atoms with Crippen molar-refractivity contribution in [3.05, 3.63) is 91.9 Å². The number of ether oxygens (including phenoxy) is 2. The van der Waals surface area contributed by atoms with Gasteiger partial charge in [0.25, 0.3) is 5.69 Å². The summed E-state index contributed by atoms with van der Waals surface area (Å²) in [4.78, 5) is 42.1. The van der Waals surface area contributed by atoms with E-state index in [1.165, 1.54) is 31.6 Å². The average Bonchev–Trinajstić information content (AvgIpc) is 3.39. The van der Waals surface area contributed by atoms with Crippen molar-refractivity contribution in [3.63, 3.8) is 0 Å². The van der Waals surface area contributed by atoms with Crippen LogP contribution in [0.3, 0.4) is 0 Å². The molecule has 1 aliphatic rings. The molecule has 0 aliphatic carbocycles. The Balaban J connectivity index is 1.92. The zero-order valence-corrected chi connectivity index (χ0v) is 21.0. The normalized spacial score (nSPS) is 21.4. The Morgan fingerprint density at radius 2 is 1.75 bits per heavy atom. The van der Waals surface area contributed by atoms with E-state index in [4.69, 9.17) is 14.5 Å². The van der Waals surface area contributed by atoms with Crippen molar-refractivity contribution in [2.45, 2.75) is 25.3 Å². The fraction of sp³-hybridized carbons (Fsp3) is 0.269. The number of hydrogen-bond acceptors (Lipinski definition) is 9. The van der Waals surface area contributed by atoms with Crippen LogP contribution in [0.4, 0.5) is 5.69 Å². The minimum Gasteiger partial charge on any atom is -0.469 e. The number of thiazole rings is 1. The quantitative estimate of drug-likeness (QED) is 0.293. The summed E-state index contributed by atoms with van der Waals surface area (Å²) in [5.41, 5.74) is 1.25. The first-order valence-electron chi connectivity index (χ1n) is 11.1. The smallest absolute Gasteiger partial charge is 0.336 e. The fourth-order valence-corrected chi connectivity index (χ4v) is 5.82. The highest BCUT2D eigenvalue weighted by Gasteiger charge is 2.54. The van der Waals surface area contributed by atoms with E-state index in [9.17, 15) is 19.7 Å². The van der Waals surface area contributed by atoms with Crippen LogP contribution in [-0.4, -0.2) is 36.1 Å². The molecule has 0 amide bonds. The molecule has 0 saturated heterocycles. The Labute approximate surface area is 211 Å². The Kier molecular flexibility index (Phi) is 6.89. The number of carbonyl (C=O) groups is 2. The first kappa shape index (κ1) is 25.1. The molecule has 1 N–H and O–H groups in total. The number of esters is 2. The van der Waals surface area contributed by atoms with Gasteiger partial charge < -0.3 is 14.8 Å². The molecule has 186 valence electrons. The number of nitrogens with zero attached hydrogens (tertiary/aromatic N) is 2. The predicted octanol–water partition coefficient (Wildman–Crippen LogP) is 4.56. The van der Waals surface area contributed by atoms with Gasteiger partial charge in [-0.15, -0.1) is 11.3 Å². The van der Waals surface area contributed by atoms with Gasteiger partial charge in [-0.3, -0.25) is 14.9 Å². The average molecular weight is 508 g/mol. The SMILES string of the molecule is COC(=O)C1=C(C)NC(C)(c2nc(-c3ccccc3[N+](=O)[O-])cs2)C(C(=O)OC)C1c1ccccc1. The number of methoxy groups -OCH3 is 2. The monoisotopic (exact) mass is 507 g/mol. The Hall–Kier alpha value is -4.05. The molecule has 3 aromatic rings. The van der Waals surface area contributed by atoms with E-state index in [1.807, 2.05) is 37.3 Å². The molecule has 36 heavy (non-hydrogen) atoms. The molecule has 0 fully saturated rings. The Morgan fingerprint density at radius 3 is 2.39 bits per heavy atom. The molecule has 2 heterocycles. The van der Waals surface area contributed by atoms with Crippen molar-refractivity contribution in [1.29, 1.82) is 0 Å². The van der Waals surface area contributed by atoms with E-state index >= 15 is 0 Å². The van der Waals surface area contributed by atoms with Crippen molar-refractivity contribution in [3.8, 4) is 11.3 Å². The number of rotatable bonds is 6. The maximum absolute atomic E-state index is 13.4. The lowest BCUT2D eigenvalue weighted by atomic mass is 9.67. The molecule has 1 aromatic heterocycles. The van der Waals surface area contributed by atoms with Gasteiger partial charge in [0.05, 0.1) is 41.9 Å². The van der Waals surface area contributed by atoms with Gasteiger partial charge in [0, 0.05) is 23.1 Å². The van der Waals surface area contributed by atoms with Crippen LogP contribution in [0.15, 0.2) is 71.2 Å². The molecule has 0 saturated carbocycles. The topological polar surface area (TPSA) is 121 Å². The summed E-state index contributed by atoms with van der Waals surface area (Å²) >= 11 is 1.27. The van der Waals surface area contributed by atoms with Gasteiger partial charge in [-0.05, 0) is 25.5 Å². The molecule has 10 heteroatoms. The maximum Gasteiger partial charge on any atom is 0.336 e. The molecule has 3 unspecified atom stereocenters. The van der Waals surface area contributed by atoms with Gasteiger partial charge in [0.2, 0.25) is 0 Å². The van der Waals surface area contributed by atoms with E-state index in [-0.39, 0.29) is 5.69 Å². The molecule has 0 bridgehead atoms. The van der Waals surface area contributed by atoms with Crippen molar-refractivity contribution >= 4 is 29.0 Å². The Bertz CT molecular complexity index is 1350. The number of benzene rings is 2. The third-order valence-corrected chi connectivity index (χ3v) is 7.54. The first-order valence-corrected chi connectivity index (χ1v) is 12.0. The second-order valence-corrected chi connectivity index (χ2v) is 9.42. The summed E-state index contributed by atoms with van der Waals surface area (Å²) in [6.07, 6.45) is 0. The van der Waals surface area contributed by atoms with Crippen LogP contribution in [0.25, 0.3) is 11.3 Å². The molecule has 9 nitrogen and oxygen atoms in total. The number of nitro groups is 1. The summed E-state index contributed by atoms with van der Waals surface area (Å²) in [5, 5.41) is 17.2. The lowest BCUT2D eigenvalue weighted by Crippen LogP contribution is -2.55. The number of aromatic nitrogens is 1. The standard InChI is InChI=1S/C26H25N3O6S/c1-15-20(23(30)34-3)21(16-10-6-5-7-11-16)22(24(31)35-4)26(2,28-15)25-27-18(14-36-25)17-12-8-9-13-19(17)29(32)33/h5-14,21-22,28H,1-4H3. The summed E-state index contributed by atoms with van der Waals surface area (Å²) < 4.78 is 10.3. The number of allylic oxidation sites excluding steroid dienone is 1. The summed E-state index contributed by atoms with van der Waals surface area (Å²) in [7, 11) is 2.60. The van der Waals surface area contributed by atoms with Crippen LogP contribution in [0.1, 0.15) is 30.3 Å².